The Kier molecular flexibility index (Phi) is 1.75. The molecule has 74 valence electrons. The summed E-state index contributed by atoms with van der Waals surface area (Å²) in [5, 5.41) is 0. The summed E-state index contributed by atoms with van der Waals surface area (Å²) in [7, 11) is 0. The molecule has 3 rings (SSSR count). The van der Waals surface area contributed by atoms with Crippen molar-refractivity contribution in [2.24, 2.45) is 5.92 Å². The lowest BCUT2D eigenvalue weighted by molar-refractivity contribution is -0.110. The molecular weight excluding hydrogens is 188 g/mol. The average molecular weight is 198 g/mol. The lowest BCUT2D eigenvalue weighted by Gasteiger charge is -2.27. The molecule has 2 heteroatoms. The Bertz CT molecular complexity index is 483. The normalized spacial score (nSPS) is 22.5. The van der Waals surface area contributed by atoms with Crippen LogP contribution < -0.4 is 4.74 Å². The Labute approximate surface area is 87.9 Å². The molecule has 0 saturated carbocycles. The first-order chi connectivity index (χ1) is 7.34. The van der Waals surface area contributed by atoms with Crippen molar-refractivity contribution in [3.63, 3.8) is 0 Å². The smallest absolute Gasteiger partial charge is 0.178 e. The van der Waals surface area contributed by atoms with E-state index in [9.17, 15) is 4.79 Å². The number of ketones is 1. The van der Waals surface area contributed by atoms with Crippen LogP contribution in [-0.4, -0.2) is 12.4 Å². The number of hydrogen-bond acceptors (Lipinski definition) is 2. The maximum atomic E-state index is 11.3. The first-order valence-electron chi connectivity index (χ1n) is 5.00. The van der Waals surface area contributed by atoms with Gasteiger partial charge in [0.2, 0.25) is 0 Å². The lowest BCUT2D eigenvalue weighted by atomic mass is 9.86. The molecule has 0 aromatic heterocycles. The van der Waals surface area contributed by atoms with Gasteiger partial charge in [0.15, 0.2) is 5.78 Å². The van der Waals surface area contributed by atoms with Crippen LogP contribution in [0.2, 0.25) is 0 Å². The highest BCUT2D eigenvalue weighted by molar-refractivity contribution is 6.07. The number of carbonyl (C=O) groups excluding carboxylic acids is 1. The van der Waals surface area contributed by atoms with Crippen molar-refractivity contribution < 1.29 is 9.53 Å². The van der Waals surface area contributed by atoms with E-state index in [1.807, 2.05) is 30.3 Å². The number of hydrogen-bond donors (Lipinski definition) is 0. The minimum Gasteiger partial charge on any atom is -0.492 e. The summed E-state index contributed by atoms with van der Waals surface area (Å²) in [6.45, 7) is 0.632. The Morgan fingerprint density at radius 1 is 1.27 bits per heavy atom. The Morgan fingerprint density at radius 2 is 2.13 bits per heavy atom. The van der Waals surface area contributed by atoms with Gasteiger partial charge in [0.05, 0.1) is 6.61 Å². The molecule has 1 aromatic carbocycles. The van der Waals surface area contributed by atoms with Crippen molar-refractivity contribution in [1.29, 1.82) is 0 Å². The van der Waals surface area contributed by atoms with E-state index in [2.05, 4.69) is 0 Å². The number of ether oxygens (including phenoxy) is 1. The Morgan fingerprint density at radius 3 is 3.07 bits per heavy atom. The van der Waals surface area contributed by atoms with E-state index in [4.69, 9.17) is 4.74 Å². The number of carbonyl (C=O) groups is 1. The molecule has 0 radical (unpaired) electrons. The third-order valence-corrected chi connectivity index (χ3v) is 2.81. The van der Waals surface area contributed by atoms with Gasteiger partial charge in [-0.25, -0.2) is 0 Å². The third kappa shape index (κ3) is 1.30. The van der Waals surface area contributed by atoms with Gasteiger partial charge in [-0.2, -0.15) is 0 Å². The van der Waals surface area contributed by atoms with E-state index < -0.39 is 0 Å². The molecule has 1 aliphatic heterocycles. The summed E-state index contributed by atoms with van der Waals surface area (Å²) >= 11 is 0. The quantitative estimate of drug-likeness (QED) is 0.639. The molecule has 1 heterocycles. The SMILES string of the molecule is O=C1C=CC2COc3ccccc3C2=C1. The molecule has 1 unspecified atom stereocenters. The number of rotatable bonds is 0. The highest BCUT2D eigenvalue weighted by Gasteiger charge is 2.25. The van der Waals surface area contributed by atoms with Crippen LogP contribution in [0, 0.1) is 5.92 Å². The molecule has 0 amide bonds. The highest BCUT2D eigenvalue weighted by Crippen LogP contribution is 2.37. The second kappa shape index (κ2) is 3.09. The van der Waals surface area contributed by atoms with Gasteiger partial charge in [-0.1, -0.05) is 24.3 Å². The molecule has 2 aliphatic rings. The van der Waals surface area contributed by atoms with E-state index in [0.29, 0.717) is 6.61 Å². The van der Waals surface area contributed by atoms with Crippen LogP contribution in [0.4, 0.5) is 0 Å². The van der Waals surface area contributed by atoms with Gasteiger partial charge in [0.1, 0.15) is 5.75 Å². The van der Waals surface area contributed by atoms with Crippen molar-refractivity contribution in [1.82, 2.24) is 0 Å². The van der Waals surface area contributed by atoms with Gasteiger partial charge < -0.3 is 4.74 Å². The predicted octanol–water partition coefficient (Wildman–Crippen LogP) is 2.22. The molecule has 1 aliphatic carbocycles. The molecule has 15 heavy (non-hydrogen) atoms. The molecule has 1 atom stereocenters. The van der Waals surface area contributed by atoms with Crippen molar-refractivity contribution in [2.45, 2.75) is 0 Å². The summed E-state index contributed by atoms with van der Waals surface area (Å²) in [5.74, 6) is 1.18. The minimum absolute atomic E-state index is 0.0675. The van der Waals surface area contributed by atoms with Crippen LogP contribution in [0.5, 0.6) is 5.75 Å². The summed E-state index contributed by atoms with van der Waals surface area (Å²) in [6.07, 6.45) is 5.26. The van der Waals surface area contributed by atoms with Crippen LogP contribution in [-0.2, 0) is 4.79 Å². The molecule has 0 saturated heterocycles. The van der Waals surface area contributed by atoms with Crippen molar-refractivity contribution in [3.05, 3.63) is 48.1 Å². The summed E-state index contributed by atoms with van der Waals surface area (Å²) < 4.78 is 5.62. The summed E-state index contributed by atoms with van der Waals surface area (Å²) in [6, 6.07) is 7.85. The first kappa shape index (κ1) is 8.48. The maximum Gasteiger partial charge on any atom is 0.178 e. The fraction of sp³-hybridized carbons (Fsp3) is 0.154. The molecular formula is C13H10O2. The molecule has 0 spiro atoms. The van der Waals surface area contributed by atoms with Crippen LogP contribution in [0.1, 0.15) is 5.56 Å². The fourth-order valence-electron chi connectivity index (χ4n) is 2.06. The average Bonchev–Trinajstić information content (AvgIpc) is 2.29. The molecule has 0 fully saturated rings. The van der Waals surface area contributed by atoms with Gasteiger partial charge in [-0.15, -0.1) is 0 Å². The number of benzene rings is 1. The summed E-state index contributed by atoms with van der Waals surface area (Å²) in [4.78, 5) is 11.3. The van der Waals surface area contributed by atoms with E-state index in [-0.39, 0.29) is 11.7 Å². The van der Waals surface area contributed by atoms with Crippen LogP contribution >= 0.6 is 0 Å². The van der Waals surface area contributed by atoms with Crippen LogP contribution in [0.3, 0.4) is 0 Å². The zero-order chi connectivity index (χ0) is 10.3. The van der Waals surface area contributed by atoms with Crippen LogP contribution in [0.15, 0.2) is 42.5 Å². The van der Waals surface area contributed by atoms with Gasteiger partial charge in [-0.05, 0) is 23.8 Å². The van der Waals surface area contributed by atoms with Gasteiger partial charge in [0.25, 0.3) is 0 Å². The van der Waals surface area contributed by atoms with Gasteiger partial charge in [-0.3, -0.25) is 4.79 Å². The zero-order valence-corrected chi connectivity index (χ0v) is 8.14. The minimum atomic E-state index is 0.0675. The van der Waals surface area contributed by atoms with Gasteiger partial charge >= 0.3 is 0 Å². The fourth-order valence-corrected chi connectivity index (χ4v) is 2.06. The summed E-state index contributed by atoms with van der Waals surface area (Å²) in [5.41, 5.74) is 2.14. The van der Waals surface area contributed by atoms with E-state index in [0.717, 1.165) is 16.9 Å². The Balaban J connectivity index is 2.16. The number of allylic oxidation sites excluding steroid dienone is 2. The van der Waals surface area contributed by atoms with Crippen molar-refractivity contribution in [2.75, 3.05) is 6.61 Å². The topological polar surface area (TPSA) is 26.3 Å². The van der Waals surface area contributed by atoms with E-state index in [1.165, 1.54) is 0 Å². The van der Waals surface area contributed by atoms with Gasteiger partial charge in [0, 0.05) is 11.5 Å². The molecule has 0 N–H and O–H groups in total. The number of para-hydroxylation sites is 1. The molecule has 2 nitrogen and oxygen atoms in total. The monoisotopic (exact) mass is 198 g/mol. The second-order valence-electron chi connectivity index (χ2n) is 3.77. The van der Waals surface area contributed by atoms with Crippen molar-refractivity contribution in [3.8, 4) is 5.75 Å². The van der Waals surface area contributed by atoms with Crippen LogP contribution in [0.25, 0.3) is 5.57 Å². The molecule has 1 aromatic rings. The highest BCUT2D eigenvalue weighted by atomic mass is 16.5. The predicted molar refractivity (Wildman–Crippen MR) is 57.6 cm³/mol. The number of fused-ring (bicyclic) bond motifs is 3. The first-order valence-corrected chi connectivity index (χ1v) is 5.00. The Hall–Kier alpha value is -1.83. The third-order valence-electron chi connectivity index (χ3n) is 2.81. The van der Waals surface area contributed by atoms with E-state index >= 15 is 0 Å². The standard InChI is InChI=1S/C13H10O2/c14-10-6-5-9-8-15-13-4-2-1-3-11(13)12(9)7-10/h1-7,9H,8H2. The maximum absolute atomic E-state index is 11.3. The second-order valence-corrected chi connectivity index (χ2v) is 3.77. The zero-order valence-electron chi connectivity index (χ0n) is 8.14. The lowest BCUT2D eigenvalue weighted by Crippen LogP contribution is -2.21. The van der Waals surface area contributed by atoms with E-state index in [1.54, 1.807) is 12.2 Å². The van der Waals surface area contributed by atoms with Crippen molar-refractivity contribution >= 4 is 11.4 Å². The molecule has 0 bridgehead atoms. The largest absolute Gasteiger partial charge is 0.492 e.